The van der Waals surface area contributed by atoms with Crippen molar-refractivity contribution >= 4 is 5.78 Å². The van der Waals surface area contributed by atoms with Crippen molar-refractivity contribution in [3.63, 3.8) is 0 Å². The second-order valence-electron chi connectivity index (χ2n) is 6.76. The molecular formula is C26H21NO. The fourth-order valence-electron chi connectivity index (χ4n) is 3.58. The van der Waals surface area contributed by atoms with Gasteiger partial charge in [-0.2, -0.15) is 0 Å². The Morgan fingerprint density at radius 2 is 1.36 bits per heavy atom. The molecule has 0 saturated carbocycles. The molecule has 0 aliphatic rings. The summed E-state index contributed by atoms with van der Waals surface area (Å²) in [4.78, 5) is 17.6. The number of carbonyl (C=O) groups excluding carboxylic acids is 1. The summed E-state index contributed by atoms with van der Waals surface area (Å²) < 4.78 is 0. The maximum Gasteiger partial charge on any atom is 0.163 e. The standard InChI is InChI=1S/C26H21NO/c28-26(21-13-5-2-6-14-21)19-24(20-11-3-1-4-12-20)22-15-7-8-16-23(22)25-17-9-10-18-27-25/h1-18,24H,19H2. The minimum atomic E-state index is -0.0351. The molecule has 0 bridgehead atoms. The van der Waals surface area contributed by atoms with Gasteiger partial charge >= 0.3 is 0 Å². The lowest BCUT2D eigenvalue weighted by atomic mass is 9.83. The average Bonchev–Trinajstić information content (AvgIpc) is 2.79. The van der Waals surface area contributed by atoms with Crippen LogP contribution in [-0.2, 0) is 0 Å². The van der Waals surface area contributed by atoms with Crippen LogP contribution in [0.1, 0.15) is 33.8 Å². The van der Waals surface area contributed by atoms with Gasteiger partial charge in [0.2, 0.25) is 0 Å². The predicted octanol–water partition coefficient (Wildman–Crippen LogP) is 6.15. The van der Waals surface area contributed by atoms with E-state index < -0.39 is 0 Å². The molecule has 1 atom stereocenters. The van der Waals surface area contributed by atoms with Gasteiger partial charge in [-0.15, -0.1) is 0 Å². The van der Waals surface area contributed by atoms with Crippen LogP contribution in [0.5, 0.6) is 0 Å². The zero-order valence-electron chi connectivity index (χ0n) is 15.5. The van der Waals surface area contributed by atoms with E-state index in [4.69, 9.17) is 0 Å². The first kappa shape index (κ1) is 17.9. The summed E-state index contributed by atoms with van der Waals surface area (Å²) in [5.41, 5.74) is 4.99. The number of nitrogens with zero attached hydrogens (tertiary/aromatic N) is 1. The maximum absolute atomic E-state index is 13.0. The molecule has 4 rings (SSSR count). The molecule has 0 radical (unpaired) electrons. The molecular weight excluding hydrogens is 342 g/mol. The molecule has 0 saturated heterocycles. The average molecular weight is 363 g/mol. The van der Waals surface area contributed by atoms with Crippen LogP contribution in [0.15, 0.2) is 109 Å². The van der Waals surface area contributed by atoms with Gasteiger partial charge in [-0.05, 0) is 23.3 Å². The Morgan fingerprint density at radius 1 is 0.714 bits per heavy atom. The van der Waals surface area contributed by atoms with E-state index in [0.717, 1.165) is 27.9 Å². The van der Waals surface area contributed by atoms with E-state index in [-0.39, 0.29) is 11.7 Å². The van der Waals surface area contributed by atoms with Gasteiger partial charge in [0, 0.05) is 29.7 Å². The smallest absolute Gasteiger partial charge is 0.163 e. The Kier molecular flexibility index (Phi) is 5.39. The Bertz CT molecular complexity index is 1040. The number of pyridine rings is 1. The summed E-state index contributed by atoms with van der Waals surface area (Å²) in [6.45, 7) is 0. The minimum absolute atomic E-state index is 0.0351. The van der Waals surface area contributed by atoms with Gasteiger partial charge in [0.15, 0.2) is 5.78 Å². The van der Waals surface area contributed by atoms with Crippen molar-refractivity contribution in [1.29, 1.82) is 0 Å². The molecule has 1 unspecified atom stereocenters. The summed E-state index contributed by atoms with van der Waals surface area (Å²) in [5, 5.41) is 0. The third-order valence-corrected chi connectivity index (χ3v) is 4.96. The normalized spacial score (nSPS) is 11.7. The van der Waals surface area contributed by atoms with Crippen molar-refractivity contribution in [2.24, 2.45) is 0 Å². The van der Waals surface area contributed by atoms with Crippen LogP contribution in [0.4, 0.5) is 0 Å². The van der Waals surface area contributed by atoms with Gasteiger partial charge in [0.25, 0.3) is 0 Å². The van der Waals surface area contributed by atoms with Crippen molar-refractivity contribution in [3.8, 4) is 11.3 Å². The van der Waals surface area contributed by atoms with Crippen LogP contribution in [0.2, 0.25) is 0 Å². The first-order chi connectivity index (χ1) is 13.8. The predicted molar refractivity (Wildman–Crippen MR) is 113 cm³/mol. The molecule has 2 heteroatoms. The van der Waals surface area contributed by atoms with Gasteiger partial charge in [-0.25, -0.2) is 0 Å². The summed E-state index contributed by atoms with van der Waals surface area (Å²) in [7, 11) is 0. The second-order valence-corrected chi connectivity index (χ2v) is 6.76. The molecule has 0 fully saturated rings. The lowest BCUT2D eigenvalue weighted by Gasteiger charge is -2.21. The monoisotopic (exact) mass is 363 g/mol. The molecule has 0 spiro atoms. The highest BCUT2D eigenvalue weighted by atomic mass is 16.1. The Hall–Kier alpha value is -3.52. The van der Waals surface area contributed by atoms with Crippen LogP contribution < -0.4 is 0 Å². The van der Waals surface area contributed by atoms with E-state index in [1.807, 2.05) is 78.9 Å². The topological polar surface area (TPSA) is 30.0 Å². The molecule has 0 aliphatic carbocycles. The third-order valence-electron chi connectivity index (χ3n) is 4.96. The quantitative estimate of drug-likeness (QED) is 0.384. The molecule has 0 amide bonds. The Morgan fingerprint density at radius 3 is 2.07 bits per heavy atom. The maximum atomic E-state index is 13.0. The highest BCUT2D eigenvalue weighted by Gasteiger charge is 2.22. The fourth-order valence-corrected chi connectivity index (χ4v) is 3.58. The minimum Gasteiger partial charge on any atom is -0.294 e. The molecule has 3 aromatic carbocycles. The molecule has 4 aromatic rings. The summed E-state index contributed by atoms with van der Waals surface area (Å²) >= 11 is 0. The van der Waals surface area contributed by atoms with Crippen LogP contribution in [0.25, 0.3) is 11.3 Å². The van der Waals surface area contributed by atoms with Gasteiger partial charge in [-0.1, -0.05) is 91.0 Å². The first-order valence-corrected chi connectivity index (χ1v) is 9.46. The lowest BCUT2D eigenvalue weighted by Crippen LogP contribution is -2.10. The summed E-state index contributed by atoms with van der Waals surface area (Å²) in [5.74, 6) is 0.109. The molecule has 1 heterocycles. The Labute approximate surface area is 165 Å². The van der Waals surface area contributed by atoms with Crippen molar-refractivity contribution in [1.82, 2.24) is 4.98 Å². The molecule has 28 heavy (non-hydrogen) atoms. The van der Waals surface area contributed by atoms with E-state index >= 15 is 0 Å². The first-order valence-electron chi connectivity index (χ1n) is 9.46. The van der Waals surface area contributed by atoms with Gasteiger partial charge in [0.05, 0.1) is 5.69 Å². The van der Waals surface area contributed by atoms with Crippen LogP contribution in [-0.4, -0.2) is 10.8 Å². The zero-order chi connectivity index (χ0) is 19.2. The van der Waals surface area contributed by atoms with Crippen molar-refractivity contribution in [2.75, 3.05) is 0 Å². The number of rotatable bonds is 6. The number of aromatic nitrogens is 1. The van der Waals surface area contributed by atoms with Crippen molar-refractivity contribution in [2.45, 2.75) is 12.3 Å². The summed E-state index contributed by atoms with van der Waals surface area (Å²) in [6, 6.07) is 33.9. The molecule has 136 valence electrons. The van der Waals surface area contributed by atoms with E-state index in [9.17, 15) is 4.79 Å². The van der Waals surface area contributed by atoms with Crippen molar-refractivity contribution in [3.05, 3.63) is 126 Å². The Balaban J connectivity index is 1.78. The molecule has 0 aliphatic heterocycles. The number of benzene rings is 3. The van der Waals surface area contributed by atoms with Gasteiger partial charge in [-0.3, -0.25) is 9.78 Å². The van der Waals surface area contributed by atoms with Gasteiger partial charge in [0.1, 0.15) is 0 Å². The van der Waals surface area contributed by atoms with E-state index in [1.54, 1.807) is 6.20 Å². The van der Waals surface area contributed by atoms with Crippen LogP contribution >= 0.6 is 0 Å². The SMILES string of the molecule is O=C(CC(c1ccccc1)c1ccccc1-c1ccccn1)c1ccccc1. The number of carbonyl (C=O) groups is 1. The largest absolute Gasteiger partial charge is 0.294 e. The fraction of sp³-hybridized carbons (Fsp3) is 0.0769. The second kappa shape index (κ2) is 8.45. The molecule has 2 nitrogen and oxygen atoms in total. The van der Waals surface area contributed by atoms with Crippen LogP contribution in [0, 0.1) is 0 Å². The highest BCUT2D eigenvalue weighted by molar-refractivity contribution is 5.97. The molecule has 1 aromatic heterocycles. The molecule has 0 N–H and O–H groups in total. The van der Waals surface area contributed by atoms with E-state index in [0.29, 0.717) is 6.42 Å². The van der Waals surface area contributed by atoms with E-state index in [1.165, 1.54) is 0 Å². The summed E-state index contributed by atoms with van der Waals surface area (Å²) in [6.07, 6.45) is 2.22. The van der Waals surface area contributed by atoms with Gasteiger partial charge < -0.3 is 0 Å². The number of Topliss-reactive ketones (excluding diaryl/α,β-unsaturated/α-hetero) is 1. The number of ketones is 1. The van der Waals surface area contributed by atoms with E-state index in [2.05, 4.69) is 29.2 Å². The van der Waals surface area contributed by atoms with Crippen LogP contribution in [0.3, 0.4) is 0 Å². The lowest BCUT2D eigenvalue weighted by molar-refractivity contribution is 0.0977. The number of hydrogen-bond donors (Lipinski definition) is 0. The highest BCUT2D eigenvalue weighted by Crippen LogP contribution is 2.35. The number of hydrogen-bond acceptors (Lipinski definition) is 2. The van der Waals surface area contributed by atoms with Crippen molar-refractivity contribution < 1.29 is 4.79 Å². The zero-order valence-corrected chi connectivity index (χ0v) is 15.5. The third kappa shape index (κ3) is 3.91.